The third-order valence-corrected chi connectivity index (χ3v) is 6.58. The number of aromatic hydroxyl groups is 1. The summed E-state index contributed by atoms with van der Waals surface area (Å²) in [7, 11) is 0. The van der Waals surface area contributed by atoms with Crippen molar-refractivity contribution in [2.75, 3.05) is 11.9 Å². The first-order valence-electron chi connectivity index (χ1n) is 12.1. The number of anilines is 1. The molecule has 0 saturated heterocycles. The van der Waals surface area contributed by atoms with Crippen LogP contribution in [-0.4, -0.2) is 32.6 Å². The first-order chi connectivity index (χ1) is 17.0. The van der Waals surface area contributed by atoms with Crippen molar-refractivity contribution in [1.82, 2.24) is 20.2 Å². The maximum atomic E-state index is 9.60. The number of phenols is 1. The summed E-state index contributed by atoms with van der Waals surface area (Å²) in [6, 6.07) is 18.0. The van der Waals surface area contributed by atoms with E-state index in [4.69, 9.17) is 4.98 Å². The van der Waals surface area contributed by atoms with Gasteiger partial charge < -0.3 is 20.6 Å². The highest BCUT2D eigenvalue weighted by molar-refractivity contribution is 5.90. The van der Waals surface area contributed by atoms with Crippen molar-refractivity contribution in [3.8, 4) is 5.75 Å². The third kappa shape index (κ3) is 4.78. The van der Waals surface area contributed by atoms with Gasteiger partial charge in [0.25, 0.3) is 0 Å². The van der Waals surface area contributed by atoms with E-state index in [1.807, 2.05) is 18.2 Å². The SMILES string of the molecule is CCC1=CC2CNC(c3ccc(C)cc3)=C(c3ccnc(NC(C)c4ccc(O)cc4)n3)N2C=C1. The summed E-state index contributed by atoms with van der Waals surface area (Å²) in [6.45, 7) is 7.18. The number of phenolic OH excluding ortho intramolecular Hbond substituents is 1. The lowest BCUT2D eigenvalue weighted by atomic mass is 9.97. The van der Waals surface area contributed by atoms with E-state index in [9.17, 15) is 5.11 Å². The molecule has 2 atom stereocenters. The molecule has 6 heteroatoms. The van der Waals surface area contributed by atoms with E-state index in [0.717, 1.165) is 41.2 Å². The fourth-order valence-corrected chi connectivity index (χ4v) is 4.54. The van der Waals surface area contributed by atoms with Crippen molar-refractivity contribution in [2.24, 2.45) is 0 Å². The van der Waals surface area contributed by atoms with Gasteiger partial charge in [-0.2, -0.15) is 0 Å². The molecule has 2 aliphatic heterocycles. The molecule has 178 valence electrons. The Morgan fingerprint density at radius 1 is 1.11 bits per heavy atom. The number of benzene rings is 2. The summed E-state index contributed by atoms with van der Waals surface area (Å²) in [5.41, 5.74) is 7.71. The Morgan fingerprint density at radius 2 is 1.89 bits per heavy atom. The molecular weight excluding hydrogens is 434 g/mol. The number of allylic oxidation sites excluding steroid dienone is 2. The van der Waals surface area contributed by atoms with Crippen LogP contribution >= 0.6 is 0 Å². The lowest BCUT2D eigenvalue weighted by molar-refractivity contribution is 0.412. The minimum atomic E-state index is -0.0152. The van der Waals surface area contributed by atoms with Crippen molar-refractivity contribution in [3.63, 3.8) is 0 Å². The number of nitrogens with zero attached hydrogens (tertiary/aromatic N) is 3. The van der Waals surface area contributed by atoms with Crippen LogP contribution in [0.2, 0.25) is 0 Å². The molecule has 3 aromatic rings. The van der Waals surface area contributed by atoms with E-state index in [2.05, 4.69) is 83.9 Å². The van der Waals surface area contributed by atoms with Gasteiger partial charge in [-0.05, 0) is 61.2 Å². The molecular formula is C29H31N5O. The van der Waals surface area contributed by atoms with Crippen LogP contribution in [0.5, 0.6) is 5.75 Å². The molecule has 3 heterocycles. The molecule has 1 aromatic heterocycles. The van der Waals surface area contributed by atoms with E-state index in [-0.39, 0.29) is 17.8 Å². The van der Waals surface area contributed by atoms with E-state index in [0.29, 0.717) is 5.95 Å². The number of rotatable bonds is 6. The van der Waals surface area contributed by atoms with Gasteiger partial charge in [0, 0.05) is 18.9 Å². The molecule has 2 unspecified atom stereocenters. The number of fused-ring (bicyclic) bond motifs is 1. The molecule has 0 spiro atoms. The molecule has 0 radical (unpaired) electrons. The van der Waals surface area contributed by atoms with Gasteiger partial charge in [-0.1, -0.05) is 55.0 Å². The third-order valence-electron chi connectivity index (χ3n) is 6.58. The predicted molar refractivity (Wildman–Crippen MR) is 141 cm³/mol. The number of aromatic nitrogens is 2. The van der Waals surface area contributed by atoms with Crippen molar-refractivity contribution in [3.05, 3.63) is 107 Å². The number of hydrogen-bond donors (Lipinski definition) is 3. The largest absolute Gasteiger partial charge is 0.508 e. The molecule has 5 rings (SSSR count). The molecule has 0 fully saturated rings. The second-order valence-electron chi connectivity index (χ2n) is 9.08. The normalized spacial score (nSPS) is 18.0. The Balaban J connectivity index is 1.53. The van der Waals surface area contributed by atoms with Gasteiger partial charge in [0.15, 0.2) is 0 Å². The first kappa shape index (κ1) is 22.7. The van der Waals surface area contributed by atoms with Gasteiger partial charge in [-0.3, -0.25) is 0 Å². The average molecular weight is 466 g/mol. The zero-order valence-corrected chi connectivity index (χ0v) is 20.4. The van der Waals surface area contributed by atoms with Crippen LogP contribution < -0.4 is 10.6 Å². The van der Waals surface area contributed by atoms with Crippen molar-refractivity contribution >= 4 is 17.3 Å². The summed E-state index contributed by atoms with van der Waals surface area (Å²) in [5, 5.41) is 16.7. The molecule has 6 nitrogen and oxygen atoms in total. The molecule has 2 aliphatic rings. The van der Waals surface area contributed by atoms with Crippen molar-refractivity contribution in [2.45, 2.75) is 39.3 Å². The Kier molecular flexibility index (Phi) is 6.27. The summed E-state index contributed by atoms with van der Waals surface area (Å²) in [5.74, 6) is 0.815. The lowest BCUT2D eigenvalue weighted by Crippen LogP contribution is -2.44. The highest BCUT2D eigenvalue weighted by Gasteiger charge is 2.30. The molecule has 0 bridgehead atoms. The van der Waals surface area contributed by atoms with Crippen LogP contribution in [0, 0.1) is 6.92 Å². The fourth-order valence-electron chi connectivity index (χ4n) is 4.54. The fraction of sp³-hybridized carbons (Fsp3) is 0.241. The Bertz CT molecular complexity index is 1290. The molecule has 0 amide bonds. The molecule has 35 heavy (non-hydrogen) atoms. The van der Waals surface area contributed by atoms with Gasteiger partial charge in [-0.25, -0.2) is 9.97 Å². The van der Waals surface area contributed by atoms with Crippen LogP contribution in [0.1, 0.15) is 48.7 Å². The maximum Gasteiger partial charge on any atom is 0.223 e. The van der Waals surface area contributed by atoms with Gasteiger partial charge in [0.05, 0.1) is 29.2 Å². The van der Waals surface area contributed by atoms with Crippen molar-refractivity contribution < 1.29 is 5.11 Å². The predicted octanol–water partition coefficient (Wildman–Crippen LogP) is 5.63. The van der Waals surface area contributed by atoms with Gasteiger partial charge in [0.2, 0.25) is 5.95 Å². The zero-order valence-electron chi connectivity index (χ0n) is 20.4. The summed E-state index contributed by atoms with van der Waals surface area (Å²) in [6.07, 6.45) is 9.54. The summed E-state index contributed by atoms with van der Waals surface area (Å²) >= 11 is 0. The smallest absolute Gasteiger partial charge is 0.223 e. The minimum absolute atomic E-state index is 0.0152. The first-order valence-corrected chi connectivity index (χ1v) is 12.1. The van der Waals surface area contributed by atoms with Crippen LogP contribution in [0.3, 0.4) is 0 Å². The van der Waals surface area contributed by atoms with Gasteiger partial charge >= 0.3 is 0 Å². The van der Waals surface area contributed by atoms with Gasteiger partial charge in [0.1, 0.15) is 5.75 Å². The summed E-state index contributed by atoms with van der Waals surface area (Å²) < 4.78 is 0. The number of hydrogen-bond acceptors (Lipinski definition) is 6. The molecule has 0 saturated carbocycles. The van der Waals surface area contributed by atoms with Crippen LogP contribution in [0.4, 0.5) is 5.95 Å². The molecule has 0 aliphatic carbocycles. The van der Waals surface area contributed by atoms with Crippen molar-refractivity contribution in [1.29, 1.82) is 0 Å². The molecule has 3 N–H and O–H groups in total. The second kappa shape index (κ2) is 9.66. The van der Waals surface area contributed by atoms with Crippen LogP contribution in [0.15, 0.2) is 84.7 Å². The van der Waals surface area contributed by atoms with E-state index in [1.165, 1.54) is 11.1 Å². The van der Waals surface area contributed by atoms with E-state index in [1.54, 1.807) is 18.3 Å². The monoisotopic (exact) mass is 465 g/mol. The highest BCUT2D eigenvalue weighted by atomic mass is 16.3. The second-order valence-corrected chi connectivity index (χ2v) is 9.08. The maximum absolute atomic E-state index is 9.60. The minimum Gasteiger partial charge on any atom is -0.508 e. The number of aryl methyl sites for hydroxylation is 1. The Morgan fingerprint density at radius 3 is 2.63 bits per heavy atom. The van der Waals surface area contributed by atoms with E-state index < -0.39 is 0 Å². The molecule has 2 aromatic carbocycles. The average Bonchev–Trinajstić information content (AvgIpc) is 2.88. The quantitative estimate of drug-likeness (QED) is 0.438. The van der Waals surface area contributed by atoms with Gasteiger partial charge in [-0.15, -0.1) is 0 Å². The van der Waals surface area contributed by atoms with E-state index >= 15 is 0 Å². The zero-order chi connectivity index (χ0) is 24.4. The highest BCUT2D eigenvalue weighted by Crippen LogP contribution is 2.35. The van der Waals surface area contributed by atoms with Crippen LogP contribution in [0.25, 0.3) is 11.4 Å². The Hall–Kier alpha value is -4.06. The van der Waals surface area contributed by atoms with Crippen LogP contribution in [-0.2, 0) is 0 Å². The lowest BCUT2D eigenvalue weighted by Gasteiger charge is -2.39. The number of nitrogens with one attached hydrogen (secondary N) is 2. The standard InChI is InChI=1S/C29H31N5O/c1-4-21-14-16-34-24(17-21)18-31-27(23-7-5-19(2)6-8-23)28(34)26-13-15-30-29(33-26)32-20(3)22-9-11-25(35)12-10-22/h5-17,20,24,31,35H,4,18H2,1-3H3,(H,30,32,33). The summed E-state index contributed by atoms with van der Waals surface area (Å²) in [4.78, 5) is 11.7. The topological polar surface area (TPSA) is 73.3 Å². The Labute approximate surface area is 206 Å².